The molecular formula is C14H21NOS. The molecule has 1 atom stereocenters. The van der Waals surface area contributed by atoms with Crippen molar-refractivity contribution < 1.29 is 4.74 Å². The maximum Gasteiger partial charge on any atom is 0.104 e. The van der Waals surface area contributed by atoms with Crippen LogP contribution in [0.15, 0.2) is 12.1 Å². The number of thiophene rings is 1. The summed E-state index contributed by atoms with van der Waals surface area (Å²) in [6, 6.07) is 4.42. The molecule has 0 amide bonds. The Bertz CT molecular complexity index is 381. The maximum atomic E-state index is 6.19. The molecule has 1 spiro atoms. The van der Waals surface area contributed by atoms with Gasteiger partial charge < -0.3 is 10.1 Å². The molecule has 1 saturated carbocycles. The van der Waals surface area contributed by atoms with Crippen LogP contribution in [0, 0.1) is 12.3 Å². The van der Waals surface area contributed by atoms with Crippen LogP contribution in [0.1, 0.15) is 41.5 Å². The first-order valence-electron chi connectivity index (χ1n) is 6.66. The van der Waals surface area contributed by atoms with Crippen LogP contribution >= 0.6 is 11.3 Å². The van der Waals surface area contributed by atoms with E-state index in [1.54, 1.807) is 0 Å². The molecule has 2 heterocycles. The van der Waals surface area contributed by atoms with Crippen molar-refractivity contribution in [2.24, 2.45) is 5.41 Å². The Labute approximate surface area is 107 Å². The third kappa shape index (κ3) is 2.42. The summed E-state index contributed by atoms with van der Waals surface area (Å²) >= 11 is 1.87. The van der Waals surface area contributed by atoms with Gasteiger partial charge in [0.15, 0.2) is 0 Å². The second kappa shape index (κ2) is 4.71. The molecule has 1 unspecified atom stereocenters. The lowest BCUT2D eigenvalue weighted by molar-refractivity contribution is 0.0175. The van der Waals surface area contributed by atoms with Crippen LogP contribution in [0.2, 0.25) is 0 Å². The Balaban J connectivity index is 1.69. The first-order chi connectivity index (χ1) is 8.27. The molecule has 1 aliphatic carbocycles. The molecule has 0 bridgehead atoms. The summed E-state index contributed by atoms with van der Waals surface area (Å²) in [5.74, 6) is 0. The summed E-state index contributed by atoms with van der Waals surface area (Å²) in [6.45, 7) is 5.23. The first kappa shape index (κ1) is 11.7. The molecule has 1 N–H and O–H groups in total. The van der Waals surface area contributed by atoms with E-state index in [9.17, 15) is 0 Å². The van der Waals surface area contributed by atoms with Crippen molar-refractivity contribution >= 4 is 11.3 Å². The quantitative estimate of drug-likeness (QED) is 0.827. The van der Waals surface area contributed by atoms with Crippen LogP contribution in [0.4, 0.5) is 0 Å². The Kier molecular flexibility index (Phi) is 3.24. The summed E-state index contributed by atoms with van der Waals surface area (Å²) in [7, 11) is 0. The molecule has 3 rings (SSSR count). The molecule has 1 aromatic heterocycles. The van der Waals surface area contributed by atoms with Gasteiger partial charge in [0.2, 0.25) is 0 Å². The van der Waals surface area contributed by atoms with E-state index in [1.165, 1.54) is 35.4 Å². The van der Waals surface area contributed by atoms with Crippen molar-refractivity contribution in [3.05, 3.63) is 21.9 Å². The fourth-order valence-electron chi connectivity index (χ4n) is 3.11. The van der Waals surface area contributed by atoms with E-state index < -0.39 is 0 Å². The molecule has 17 heavy (non-hydrogen) atoms. The summed E-state index contributed by atoms with van der Waals surface area (Å²) in [4.78, 5) is 2.76. The van der Waals surface area contributed by atoms with Gasteiger partial charge in [-0.3, -0.25) is 0 Å². The van der Waals surface area contributed by atoms with Gasteiger partial charge in [-0.15, -0.1) is 11.3 Å². The van der Waals surface area contributed by atoms with Crippen LogP contribution in [-0.4, -0.2) is 19.7 Å². The van der Waals surface area contributed by atoms with Crippen molar-refractivity contribution in [2.45, 2.75) is 38.7 Å². The minimum absolute atomic E-state index is 0.272. The second-order valence-electron chi connectivity index (χ2n) is 5.59. The molecule has 2 fully saturated rings. The Morgan fingerprint density at radius 2 is 2.18 bits per heavy atom. The van der Waals surface area contributed by atoms with Gasteiger partial charge in [0, 0.05) is 28.3 Å². The number of aryl methyl sites for hydroxylation is 1. The highest BCUT2D eigenvalue weighted by molar-refractivity contribution is 7.12. The highest BCUT2D eigenvalue weighted by Crippen LogP contribution is 2.40. The van der Waals surface area contributed by atoms with Crippen molar-refractivity contribution in [3.8, 4) is 0 Å². The topological polar surface area (TPSA) is 21.3 Å². The lowest BCUT2D eigenvalue weighted by atomic mass is 9.87. The zero-order valence-electron chi connectivity index (χ0n) is 10.5. The second-order valence-corrected chi connectivity index (χ2v) is 6.91. The van der Waals surface area contributed by atoms with Crippen LogP contribution in [0.5, 0.6) is 0 Å². The number of hydrogen-bond donors (Lipinski definition) is 1. The van der Waals surface area contributed by atoms with Crippen molar-refractivity contribution in [1.29, 1.82) is 0 Å². The van der Waals surface area contributed by atoms with Gasteiger partial charge in [0.05, 0.1) is 6.61 Å². The Hall–Kier alpha value is -0.380. The molecule has 3 heteroatoms. The lowest BCUT2D eigenvalue weighted by Crippen LogP contribution is -2.32. The Morgan fingerprint density at radius 1 is 1.35 bits per heavy atom. The zero-order valence-corrected chi connectivity index (χ0v) is 11.3. The highest BCUT2D eigenvalue weighted by atomic mass is 32.1. The largest absolute Gasteiger partial charge is 0.371 e. The van der Waals surface area contributed by atoms with Crippen molar-refractivity contribution in [3.63, 3.8) is 0 Å². The third-order valence-electron chi connectivity index (χ3n) is 4.16. The summed E-state index contributed by atoms with van der Waals surface area (Å²) in [5, 5.41) is 3.62. The number of rotatable bonds is 1. The zero-order chi connectivity index (χ0) is 11.7. The van der Waals surface area contributed by atoms with Gasteiger partial charge in [-0.1, -0.05) is 12.8 Å². The SMILES string of the molecule is Cc1ccc(C2CNCC3(CCCC3)CO2)s1. The summed E-state index contributed by atoms with van der Waals surface area (Å²) in [6.07, 6.45) is 5.72. The van der Waals surface area contributed by atoms with E-state index in [1.807, 2.05) is 11.3 Å². The van der Waals surface area contributed by atoms with Crippen LogP contribution in [-0.2, 0) is 4.74 Å². The molecule has 0 radical (unpaired) electrons. The summed E-state index contributed by atoms with van der Waals surface area (Å²) in [5.41, 5.74) is 0.445. The van der Waals surface area contributed by atoms with E-state index in [0.29, 0.717) is 5.41 Å². The average molecular weight is 251 g/mol. The van der Waals surface area contributed by atoms with E-state index in [2.05, 4.69) is 24.4 Å². The number of hydrogen-bond acceptors (Lipinski definition) is 3. The lowest BCUT2D eigenvalue weighted by Gasteiger charge is -2.26. The van der Waals surface area contributed by atoms with Crippen molar-refractivity contribution in [2.75, 3.05) is 19.7 Å². The van der Waals surface area contributed by atoms with Crippen molar-refractivity contribution in [1.82, 2.24) is 5.32 Å². The fraction of sp³-hybridized carbons (Fsp3) is 0.714. The number of nitrogens with one attached hydrogen (secondary N) is 1. The van der Waals surface area contributed by atoms with E-state index in [0.717, 1.165) is 19.7 Å². The van der Waals surface area contributed by atoms with E-state index >= 15 is 0 Å². The first-order valence-corrected chi connectivity index (χ1v) is 7.48. The summed E-state index contributed by atoms with van der Waals surface area (Å²) < 4.78 is 6.19. The minimum atomic E-state index is 0.272. The maximum absolute atomic E-state index is 6.19. The van der Waals surface area contributed by atoms with E-state index in [-0.39, 0.29) is 6.10 Å². The van der Waals surface area contributed by atoms with Crippen LogP contribution < -0.4 is 5.32 Å². The van der Waals surface area contributed by atoms with Gasteiger partial charge in [-0.2, -0.15) is 0 Å². The molecule has 1 aromatic rings. The molecule has 94 valence electrons. The van der Waals surface area contributed by atoms with E-state index in [4.69, 9.17) is 4.74 Å². The van der Waals surface area contributed by atoms with Crippen LogP contribution in [0.3, 0.4) is 0 Å². The molecule has 2 nitrogen and oxygen atoms in total. The number of ether oxygens (including phenoxy) is 1. The van der Waals surface area contributed by atoms with Gasteiger partial charge in [0.25, 0.3) is 0 Å². The predicted molar refractivity (Wildman–Crippen MR) is 71.5 cm³/mol. The Morgan fingerprint density at radius 3 is 2.88 bits per heavy atom. The molecule has 0 aromatic carbocycles. The molecule has 2 aliphatic rings. The molecule has 1 aliphatic heterocycles. The molecule has 1 saturated heterocycles. The van der Waals surface area contributed by atoms with Gasteiger partial charge in [0.1, 0.15) is 6.10 Å². The smallest absolute Gasteiger partial charge is 0.104 e. The predicted octanol–water partition coefficient (Wildman–Crippen LogP) is 3.28. The average Bonchev–Trinajstić information content (AvgIpc) is 2.87. The van der Waals surface area contributed by atoms with Gasteiger partial charge >= 0.3 is 0 Å². The van der Waals surface area contributed by atoms with Gasteiger partial charge in [-0.05, 0) is 31.9 Å². The monoisotopic (exact) mass is 251 g/mol. The minimum Gasteiger partial charge on any atom is -0.371 e. The van der Waals surface area contributed by atoms with Crippen LogP contribution in [0.25, 0.3) is 0 Å². The third-order valence-corrected chi connectivity index (χ3v) is 5.26. The fourth-order valence-corrected chi connectivity index (χ4v) is 4.04. The van der Waals surface area contributed by atoms with Gasteiger partial charge in [-0.25, -0.2) is 0 Å². The molecular weight excluding hydrogens is 230 g/mol. The standard InChI is InChI=1S/C14H21NOS/c1-11-4-5-13(17-11)12-8-15-9-14(10-16-12)6-2-3-7-14/h4-5,12,15H,2-3,6-10H2,1H3. The normalized spacial score (nSPS) is 28.4. The highest BCUT2D eigenvalue weighted by Gasteiger charge is 2.36.